The molecule has 234 valence electrons. The maximum Gasteiger partial charge on any atom is 0.408 e. The fourth-order valence-electron chi connectivity index (χ4n) is 5.23. The number of esters is 1. The highest BCUT2D eigenvalue weighted by molar-refractivity contribution is 8.01. The molecule has 0 aromatic heterocycles. The number of fused-ring (bicyclic) bond motifs is 1. The number of nitrogens with one attached hydrogen (secondary N) is 2. The topological polar surface area (TPSA) is 183 Å². The van der Waals surface area contributed by atoms with E-state index in [2.05, 4.69) is 10.6 Å². The van der Waals surface area contributed by atoms with Gasteiger partial charge in [0.25, 0.3) is 11.6 Å². The summed E-state index contributed by atoms with van der Waals surface area (Å²) in [7, 11) is 0. The van der Waals surface area contributed by atoms with E-state index in [4.69, 9.17) is 15.2 Å². The molecule has 3 amide bonds. The Morgan fingerprint density at radius 1 is 0.956 bits per heavy atom. The number of nitro benzene ring substituents is 1. The average molecular weight is 634 g/mol. The van der Waals surface area contributed by atoms with Gasteiger partial charge < -0.3 is 25.0 Å². The van der Waals surface area contributed by atoms with E-state index < -0.39 is 56.7 Å². The van der Waals surface area contributed by atoms with Crippen molar-refractivity contribution in [2.75, 3.05) is 0 Å². The van der Waals surface area contributed by atoms with E-state index in [9.17, 15) is 29.3 Å². The number of hydrogen-bond donors (Lipinski definition) is 3. The number of nitro groups is 1. The van der Waals surface area contributed by atoms with Gasteiger partial charge in [0.2, 0.25) is 5.91 Å². The lowest BCUT2D eigenvalue weighted by molar-refractivity contribution is -0.384. The zero-order valence-electron chi connectivity index (χ0n) is 24.4. The molecule has 45 heavy (non-hydrogen) atoms. The summed E-state index contributed by atoms with van der Waals surface area (Å²) in [4.78, 5) is 64.7. The zero-order valence-corrected chi connectivity index (χ0v) is 25.2. The molecular formula is C31H31N5O8S. The van der Waals surface area contributed by atoms with Crippen molar-refractivity contribution in [3.63, 3.8) is 0 Å². The quantitative estimate of drug-likeness (QED) is 0.0986. The van der Waals surface area contributed by atoms with Gasteiger partial charge in [0.1, 0.15) is 30.7 Å². The maximum absolute atomic E-state index is 13.6. The minimum absolute atomic E-state index is 0.0405. The molecule has 0 bridgehead atoms. The third-order valence-corrected chi connectivity index (χ3v) is 9.19. The molecule has 2 fully saturated rings. The van der Waals surface area contributed by atoms with Crippen LogP contribution in [0.1, 0.15) is 36.6 Å². The number of nitrogens with zero attached hydrogens (tertiary/aromatic N) is 2. The second-order valence-electron chi connectivity index (χ2n) is 11.1. The van der Waals surface area contributed by atoms with Gasteiger partial charge in [-0.15, -0.1) is 11.8 Å². The summed E-state index contributed by atoms with van der Waals surface area (Å²) in [6, 6.07) is 20.7. The SMILES string of the molecule is CC1(C)S[C@H]2N(C(=O)[C@@]2(N)NC(=O)C(NC(=O)OCc2ccc([N+](=O)[O-])cc2)c2ccccc2)[C@H]1C(=O)OCc1ccccc1. The Bertz CT molecular complexity index is 1610. The Hall–Kier alpha value is -4.95. The van der Waals surface area contributed by atoms with Crippen LogP contribution in [0.3, 0.4) is 0 Å². The van der Waals surface area contributed by atoms with Crippen LogP contribution in [-0.2, 0) is 37.1 Å². The largest absolute Gasteiger partial charge is 0.459 e. The highest BCUT2D eigenvalue weighted by Crippen LogP contribution is 2.53. The van der Waals surface area contributed by atoms with E-state index in [0.717, 1.165) is 5.56 Å². The molecule has 2 aliphatic heterocycles. The molecule has 0 radical (unpaired) electrons. The number of nitrogens with two attached hydrogens (primary N) is 1. The molecule has 4 atom stereocenters. The monoisotopic (exact) mass is 633 g/mol. The normalized spacial score (nSPS) is 21.9. The van der Waals surface area contributed by atoms with Crippen molar-refractivity contribution in [3.05, 3.63) is 112 Å². The van der Waals surface area contributed by atoms with Crippen molar-refractivity contribution in [1.82, 2.24) is 15.5 Å². The summed E-state index contributed by atoms with van der Waals surface area (Å²) >= 11 is 1.27. The van der Waals surface area contributed by atoms with E-state index >= 15 is 0 Å². The second kappa shape index (κ2) is 12.6. The lowest BCUT2D eigenvalue weighted by Crippen LogP contribution is -2.84. The van der Waals surface area contributed by atoms with Crippen LogP contribution in [0.15, 0.2) is 84.9 Å². The number of rotatable bonds is 10. The van der Waals surface area contributed by atoms with Gasteiger partial charge in [0.05, 0.1) is 4.92 Å². The zero-order chi connectivity index (χ0) is 32.4. The van der Waals surface area contributed by atoms with Crippen molar-refractivity contribution in [1.29, 1.82) is 0 Å². The number of non-ortho nitro benzene ring substituents is 1. The number of amides is 3. The standard InChI is InChI=1S/C31H31N5O8S/c1-30(2)24(26(38)43-17-19-9-5-3-6-10-19)35-27(39)31(32,28(35)45-30)34-25(37)23(21-11-7-4-8-12-21)33-29(40)44-18-20-13-15-22(16-14-20)36(41)42/h3-16,23-24,28H,17-18,32H2,1-2H3,(H,33,40)(H,34,37)/t23?,24-,28+,31+/m0/s1. The van der Waals surface area contributed by atoms with Crippen LogP contribution in [0.2, 0.25) is 0 Å². The maximum atomic E-state index is 13.6. The van der Waals surface area contributed by atoms with Crippen LogP contribution in [-0.4, -0.2) is 55.5 Å². The first-order valence-electron chi connectivity index (χ1n) is 13.9. The summed E-state index contributed by atoms with van der Waals surface area (Å²) in [6.45, 7) is 3.43. The van der Waals surface area contributed by atoms with Crippen LogP contribution in [0.25, 0.3) is 0 Å². The van der Waals surface area contributed by atoms with Crippen molar-refractivity contribution < 1.29 is 33.6 Å². The molecule has 2 saturated heterocycles. The summed E-state index contributed by atoms with van der Waals surface area (Å²) in [6.07, 6.45) is -0.942. The van der Waals surface area contributed by atoms with Crippen LogP contribution in [0, 0.1) is 10.1 Å². The Balaban J connectivity index is 1.26. The molecule has 3 aromatic carbocycles. The number of carbonyl (C=O) groups excluding carboxylic acids is 4. The number of ether oxygens (including phenoxy) is 2. The van der Waals surface area contributed by atoms with Gasteiger partial charge in [-0.3, -0.25) is 25.4 Å². The van der Waals surface area contributed by atoms with Crippen LogP contribution in [0.5, 0.6) is 0 Å². The highest BCUT2D eigenvalue weighted by Gasteiger charge is 2.71. The van der Waals surface area contributed by atoms with Gasteiger partial charge in [0.15, 0.2) is 5.66 Å². The van der Waals surface area contributed by atoms with E-state index in [0.29, 0.717) is 11.1 Å². The van der Waals surface area contributed by atoms with Crippen LogP contribution < -0.4 is 16.4 Å². The third kappa shape index (κ3) is 6.47. The Morgan fingerprint density at radius 3 is 2.16 bits per heavy atom. The van der Waals surface area contributed by atoms with Gasteiger partial charge in [-0.05, 0) is 42.7 Å². The van der Waals surface area contributed by atoms with E-state index in [1.165, 1.54) is 40.9 Å². The Morgan fingerprint density at radius 2 is 1.53 bits per heavy atom. The molecule has 2 aliphatic rings. The van der Waals surface area contributed by atoms with Crippen molar-refractivity contribution in [2.45, 2.75) is 54.9 Å². The van der Waals surface area contributed by atoms with E-state index in [-0.39, 0.29) is 18.9 Å². The number of benzene rings is 3. The molecule has 1 unspecified atom stereocenters. The average Bonchev–Trinajstić information content (AvgIpc) is 3.31. The molecule has 0 saturated carbocycles. The molecule has 2 heterocycles. The molecule has 0 spiro atoms. The number of β-lactam (4-membered cyclic amide) rings is 1. The van der Waals surface area contributed by atoms with Gasteiger partial charge in [-0.25, -0.2) is 9.59 Å². The van der Waals surface area contributed by atoms with Crippen molar-refractivity contribution in [3.8, 4) is 0 Å². The first-order chi connectivity index (χ1) is 21.4. The van der Waals surface area contributed by atoms with Crippen LogP contribution >= 0.6 is 11.8 Å². The fourth-order valence-corrected chi connectivity index (χ4v) is 6.82. The van der Waals surface area contributed by atoms with Crippen molar-refractivity contribution in [2.24, 2.45) is 5.73 Å². The summed E-state index contributed by atoms with van der Waals surface area (Å²) < 4.78 is 10.0. The predicted molar refractivity (Wildman–Crippen MR) is 163 cm³/mol. The molecule has 3 aromatic rings. The van der Waals surface area contributed by atoms with E-state index in [1.807, 2.05) is 30.3 Å². The van der Waals surface area contributed by atoms with Gasteiger partial charge in [0, 0.05) is 16.9 Å². The first kappa shape index (κ1) is 31.5. The first-order valence-corrected chi connectivity index (χ1v) is 14.8. The fraction of sp³-hybridized carbons (Fsp3) is 0.290. The summed E-state index contributed by atoms with van der Waals surface area (Å²) in [5.74, 6) is -2.01. The summed E-state index contributed by atoms with van der Waals surface area (Å²) in [5, 5.41) is 15.2. The molecule has 5 rings (SSSR count). The van der Waals surface area contributed by atoms with Gasteiger partial charge in [-0.2, -0.15) is 0 Å². The number of hydrogen-bond acceptors (Lipinski definition) is 10. The second-order valence-corrected chi connectivity index (χ2v) is 12.9. The number of thioether (sulfide) groups is 1. The van der Waals surface area contributed by atoms with Crippen molar-refractivity contribution >= 4 is 41.3 Å². The molecule has 14 heteroatoms. The lowest BCUT2D eigenvalue weighted by atomic mass is 9.91. The molecular weight excluding hydrogens is 602 g/mol. The Labute approximate surface area is 262 Å². The molecule has 13 nitrogen and oxygen atoms in total. The van der Waals surface area contributed by atoms with Gasteiger partial charge >= 0.3 is 12.1 Å². The smallest absolute Gasteiger partial charge is 0.408 e. The minimum Gasteiger partial charge on any atom is -0.459 e. The number of alkyl carbamates (subject to hydrolysis) is 1. The van der Waals surface area contributed by atoms with Gasteiger partial charge in [-0.1, -0.05) is 60.7 Å². The third-order valence-electron chi connectivity index (χ3n) is 7.53. The predicted octanol–water partition coefficient (Wildman–Crippen LogP) is 3.14. The minimum atomic E-state index is -1.86. The molecule has 4 N–H and O–H groups in total. The van der Waals surface area contributed by atoms with E-state index in [1.54, 1.807) is 44.2 Å². The summed E-state index contributed by atoms with van der Waals surface area (Å²) in [5.41, 5.74) is 6.24. The lowest BCUT2D eigenvalue weighted by Gasteiger charge is -2.51. The van der Waals surface area contributed by atoms with Crippen LogP contribution in [0.4, 0.5) is 10.5 Å². The highest BCUT2D eigenvalue weighted by atomic mass is 32.2. The molecule has 0 aliphatic carbocycles. The number of carbonyl (C=O) groups is 4. The Kier molecular flexibility index (Phi) is 8.80.